The molecule has 29 heavy (non-hydrogen) atoms. The molecule has 4 nitrogen and oxygen atoms in total. The lowest BCUT2D eigenvalue weighted by Gasteiger charge is -2.49. The summed E-state index contributed by atoms with van der Waals surface area (Å²) in [4.78, 5) is 13.7. The van der Waals surface area contributed by atoms with Crippen molar-refractivity contribution in [1.29, 1.82) is 0 Å². The number of Topliss-reactive ketones (excluding diaryl/α,β-unsaturated/α-hetero) is 1. The Kier molecular flexibility index (Phi) is 4.55. The van der Waals surface area contributed by atoms with Crippen molar-refractivity contribution in [3.8, 4) is 5.75 Å². The highest BCUT2D eigenvalue weighted by molar-refractivity contribution is 6.09. The number of fused-ring (bicyclic) bond motifs is 1. The van der Waals surface area contributed by atoms with Gasteiger partial charge in [0.15, 0.2) is 0 Å². The molecule has 2 atom stereocenters. The van der Waals surface area contributed by atoms with E-state index in [4.69, 9.17) is 14.2 Å². The number of benzene rings is 2. The van der Waals surface area contributed by atoms with Crippen LogP contribution in [0.25, 0.3) is 0 Å². The predicted octanol–water partition coefficient (Wildman–Crippen LogP) is 4.89. The summed E-state index contributed by atoms with van der Waals surface area (Å²) in [5.74, 6) is -2.07. The van der Waals surface area contributed by atoms with Gasteiger partial charge in [0, 0.05) is 12.7 Å². The maximum Gasteiger partial charge on any atom is 0.416 e. The lowest BCUT2D eigenvalue weighted by molar-refractivity contribution is -0.261. The van der Waals surface area contributed by atoms with E-state index >= 15 is 0 Å². The van der Waals surface area contributed by atoms with Gasteiger partial charge in [0.2, 0.25) is 11.4 Å². The normalized spacial score (nSPS) is 26.2. The molecule has 7 heteroatoms. The topological polar surface area (TPSA) is 44.8 Å². The Morgan fingerprint density at radius 3 is 2.59 bits per heavy atom. The fourth-order valence-electron chi connectivity index (χ4n) is 4.19. The van der Waals surface area contributed by atoms with Crippen LogP contribution in [0.4, 0.5) is 13.2 Å². The summed E-state index contributed by atoms with van der Waals surface area (Å²) in [5, 5.41) is 0. The number of halogens is 3. The van der Waals surface area contributed by atoms with Crippen molar-refractivity contribution in [1.82, 2.24) is 0 Å². The highest BCUT2D eigenvalue weighted by Crippen LogP contribution is 2.54. The van der Waals surface area contributed by atoms with Crippen LogP contribution in [0.2, 0.25) is 0 Å². The molecule has 2 aliphatic rings. The largest absolute Gasteiger partial charge is 0.453 e. The fourth-order valence-corrected chi connectivity index (χ4v) is 4.19. The van der Waals surface area contributed by atoms with Crippen LogP contribution in [0.5, 0.6) is 5.75 Å². The van der Waals surface area contributed by atoms with Crippen molar-refractivity contribution in [2.45, 2.75) is 30.9 Å². The number of hydrogen-bond acceptors (Lipinski definition) is 4. The van der Waals surface area contributed by atoms with Crippen molar-refractivity contribution in [2.24, 2.45) is 0 Å². The molecule has 4 rings (SSSR count). The standard InChI is InChI=1S/C22H19F3O4/c1-3-14-11-12-28-20(14)19(26)17-9-4-5-10-18(17)29-21(20,27-2)15-7-6-8-16(13-15)22(23,24)25/h4-11,13H,3,12H2,1-2H3/t20-,21+/m1/s1. The monoisotopic (exact) mass is 404 g/mol. The summed E-state index contributed by atoms with van der Waals surface area (Å²) >= 11 is 0. The van der Waals surface area contributed by atoms with E-state index in [2.05, 4.69) is 0 Å². The molecule has 2 aromatic rings. The Morgan fingerprint density at radius 1 is 1.14 bits per heavy atom. The highest BCUT2D eigenvalue weighted by atomic mass is 19.4. The third-order valence-corrected chi connectivity index (χ3v) is 5.49. The van der Waals surface area contributed by atoms with Crippen LogP contribution < -0.4 is 4.74 Å². The third-order valence-electron chi connectivity index (χ3n) is 5.49. The Labute approximate surface area is 165 Å². The maximum atomic E-state index is 13.7. The number of carbonyl (C=O) groups is 1. The van der Waals surface area contributed by atoms with Gasteiger partial charge in [0.25, 0.3) is 5.79 Å². The Hall–Kier alpha value is -2.64. The van der Waals surface area contributed by atoms with Crippen molar-refractivity contribution >= 4 is 5.78 Å². The zero-order valence-corrected chi connectivity index (χ0v) is 15.9. The van der Waals surface area contributed by atoms with E-state index in [1.54, 1.807) is 30.3 Å². The van der Waals surface area contributed by atoms with Crippen LogP contribution in [0.1, 0.15) is 34.8 Å². The van der Waals surface area contributed by atoms with E-state index in [0.29, 0.717) is 17.6 Å². The van der Waals surface area contributed by atoms with Crippen molar-refractivity contribution in [2.75, 3.05) is 13.7 Å². The average Bonchev–Trinajstić information content (AvgIpc) is 3.15. The lowest BCUT2D eigenvalue weighted by atomic mass is 9.73. The maximum absolute atomic E-state index is 13.7. The van der Waals surface area contributed by atoms with Crippen LogP contribution >= 0.6 is 0 Å². The van der Waals surface area contributed by atoms with Crippen LogP contribution in [-0.4, -0.2) is 25.1 Å². The van der Waals surface area contributed by atoms with Gasteiger partial charge in [-0.3, -0.25) is 4.79 Å². The van der Waals surface area contributed by atoms with Crippen LogP contribution in [0.15, 0.2) is 60.2 Å². The quantitative estimate of drug-likeness (QED) is 0.684. The Balaban J connectivity index is 2.02. The van der Waals surface area contributed by atoms with Crippen LogP contribution in [0, 0.1) is 0 Å². The second-order valence-corrected chi connectivity index (χ2v) is 6.90. The first kappa shape index (κ1) is 19.7. The number of ketones is 1. The van der Waals surface area contributed by atoms with Gasteiger partial charge in [0.1, 0.15) is 5.75 Å². The second-order valence-electron chi connectivity index (χ2n) is 6.90. The zero-order chi connectivity index (χ0) is 20.9. The summed E-state index contributed by atoms with van der Waals surface area (Å²) in [7, 11) is 1.30. The van der Waals surface area contributed by atoms with Gasteiger partial charge in [-0.05, 0) is 36.3 Å². The van der Waals surface area contributed by atoms with Crippen molar-refractivity contribution in [3.63, 3.8) is 0 Å². The molecule has 2 aliphatic heterocycles. The molecule has 0 N–H and O–H groups in total. The van der Waals surface area contributed by atoms with E-state index < -0.39 is 28.9 Å². The van der Waals surface area contributed by atoms with Gasteiger partial charge in [0.05, 0.1) is 17.7 Å². The SMILES string of the molecule is CCC1=CCO[C@@]12C(=O)c1ccccc1O[C@@]2(OC)c1cccc(C(F)(F)F)c1. The van der Waals surface area contributed by atoms with Gasteiger partial charge < -0.3 is 14.2 Å². The number of ether oxygens (including phenoxy) is 3. The minimum Gasteiger partial charge on any atom is -0.453 e. The molecule has 0 saturated carbocycles. The number of methoxy groups -OCH3 is 1. The smallest absolute Gasteiger partial charge is 0.416 e. The number of carbonyl (C=O) groups excluding carboxylic acids is 1. The summed E-state index contributed by atoms with van der Waals surface area (Å²) in [5.41, 5.74) is -1.62. The number of hydrogen-bond donors (Lipinski definition) is 0. The first-order chi connectivity index (χ1) is 13.8. The zero-order valence-electron chi connectivity index (χ0n) is 15.9. The number of para-hydroxylation sites is 1. The molecular weight excluding hydrogens is 385 g/mol. The van der Waals surface area contributed by atoms with E-state index in [-0.39, 0.29) is 17.9 Å². The van der Waals surface area contributed by atoms with E-state index in [1.807, 2.05) is 6.92 Å². The molecule has 1 spiro atoms. The predicted molar refractivity (Wildman–Crippen MR) is 98.6 cm³/mol. The molecule has 0 saturated heterocycles. The van der Waals surface area contributed by atoms with Gasteiger partial charge >= 0.3 is 6.18 Å². The molecule has 0 aromatic heterocycles. The first-order valence-electron chi connectivity index (χ1n) is 9.19. The van der Waals surface area contributed by atoms with Gasteiger partial charge in [-0.1, -0.05) is 37.3 Å². The molecule has 0 radical (unpaired) electrons. The molecular formula is C22H19F3O4. The average molecular weight is 404 g/mol. The molecule has 2 aromatic carbocycles. The highest BCUT2D eigenvalue weighted by Gasteiger charge is 2.68. The van der Waals surface area contributed by atoms with Crippen LogP contribution in [-0.2, 0) is 21.4 Å². The van der Waals surface area contributed by atoms with Gasteiger partial charge in [-0.15, -0.1) is 0 Å². The molecule has 0 unspecified atom stereocenters. The molecule has 0 fully saturated rings. The summed E-state index contributed by atoms with van der Waals surface area (Å²) in [6.07, 6.45) is -2.35. The molecule has 0 amide bonds. The van der Waals surface area contributed by atoms with Crippen LogP contribution in [0.3, 0.4) is 0 Å². The van der Waals surface area contributed by atoms with E-state index in [0.717, 1.165) is 12.1 Å². The molecule has 0 aliphatic carbocycles. The van der Waals surface area contributed by atoms with Crippen molar-refractivity contribution in [3.05, 3.63) is 76.9 Å². The van der Waals surface area contributed by atoms with E-state index in [1.165, 1.54) is 19.2 Å². The fraction of sp³-hybridized carbons (Fsp3) is 0.318. The summed E-state index contributed by atoms with van der Waals surface area (Å²) in [6.45, 7) is 1.98. The molecule has 0 bridgehead atoms. The minimum absolute atomic E-state index is 0.0546. The number of rotatable bonds is 3. The molecule has 152 valence electrons. The molecule has 2 heterocycles. The summed E-state index contributed by atoms with van der Waals surface area (Å²) in [6, 6.07) is 11.2. The summed E-state index contributed by atoms with van der Waals surface area (Å²) < 4.78 is 58.1. The van der Waals surface area contributed by atoms with Gasteiger partial charge in [-0.25, -0.2) is 0 Å². The number of alkyl halides is 3. The second kappa shape index (κ2) is 6.71. The van der Waals surface area contributed by atoms with Gasteiger partial charge in [-0.2, -0.15) is 13.2 Å². The lowest BCUT2D eigenvalue weighted by Crippen LogP contribution is -2.64. The minimum atomic E-state index is -4.56. The Morgan fingerprint density at radius 2 is 1.90 bits per heavy atom. The van der Waals surface area contributed by atoms with Crippen molar-refractivity contribution < 1.29 is 32.2 Å². The Bertz CT molecular complexity index is 998. The first-order valence-corrected chi connectivity index (χ1v) is 9.19. The third kappa shape index (κ3) is 2.64. The van der Waals surface area contributed by atoms with E-state index in [9.17, 15) is 18.0 Å².